The van der Waals surface area contributed by atoms with E-state index in [1.807, 2.05) is 4.98 Å². The van der Waals surface area contributed by atoms with Crippen LogP contribution in [0.5, 0.6) is 5.75 Å². The number of nitrogens with zero attached hydrogens (tertiary/aromatic N) is 1. The second-order valence-electron chi connectivity index (χ2n) is 10.3. The zero-order valence-electron chi connectivity index (χ0n) is 23.4. The number of alkyl halides is 1. The zero-order chi connectivity index (χ0) is 30.3. The number of benzene rings is 1. The first kappa shape index (κ1) is 31.6. The Balaban J connectivity index is 1.65. The molecule has 230 valence electrons. The molecule has 3 heterocycles. The average Bonchev–Trinajstić information content (AvgIpc) is 3.18. The number of ether oxygens (including phenoxy) is 3. The number of hydrogen-bond donors (Lipinski definition) is 2. The van der Waals surface area contributed by atoms with Crippen molar-refractivity contribution in [2.24, 2.45) is 0 Å². The first-order valence-electron chi connectivity index (χ1n) is 13.8. The molecular formula is C27H35FN3O10P. The Morgan fingerprint density at radius 1 is 1.05 bits per heavy atom. The molecule has 0 saturated carbocycles. The third kappa shape index (κ3) is 7.94. The molecule has 2 aromatic rings. The number of cyclic esters (lactones) is 1. The van der Waals surface area contributed by atoms with Gasteiger partial charge in [-0.05, 0) is 38.8 Å². The van der Waals surface area contributed by atoms with Gasteiger partial charge in [0.25, 0.3) is 5.56 Å². The molecule has 0 bridgehead atoms. The lowest BCUT2D eigenvalue weighted by atomic mass is 9.98. The number of aromatic amines is 1. The molecule has 0 aliphatic carbocycles. The van der Waals surface area contributed by atoms with Gasteiger partial charge in [-0.2, -0.15) is 5.09 Å². The Bertz CT molecular complexity index is 1400. The Kier molecular flexibility index (Phi) is 10.4. The topological polar surface area (TPSA) is 164 Å². The highest BCUT2D eigenvalue weighted by molar-refractivity contribution is 7.52. The Hall–Kier alpha value is -3.32. The summed E-state index contributed by atoms with van der Waals surface area (Å²) >= 11 is 0. The van der Waals surface area contributed by atoms with E-state index in [4.69, 9.17) is 23.3 Å². The minimum Gasteiger partial charge on any atom is -0.465 e. The van der Waals surface area contributed by atoms with Crippen LogP contribution in [0.2, 0.25) is 0 Å². The van der Waals surface area contributed by atoms with Crippen molar-refractivity contribution in [3.05, 3.63) is 63.4 Å². The first-order valence-corrected chi connectivity index (χ1v) is 15.3. The number of nitrogens with one attached hydrogen (secondary N) is 2. The maximum atomic E-state index is 16.4. The van der Waals surface area contributed by atoms with Crippen molar-refractivity contribution in [3.8, 4) is 5.75 Å². The molecule has 1 aromatic carbocycles. The number of aromatic nitrogens is 2. The molecule has 15 heteroatoms. The fraction of sp³-hybridized carbons (Fsp3) is 0.556. The summed E-state index contributed by atoms with van der Waals surface area (Å²) in [5.41, 5.74) is -4.12. The van der Waals surface area contributed by atoms with Crippen LogP contribution in [0.3, 0.4) is 0 Å². The molecule has 42 heavy (non-hydrogen) atoms. The van der Waals surface area contributed by atoms with E-state index in [1.165, 1.54) is 19.1 Å². The van der Waals surface area contributed by atoms with Crippen LogP contribution in [0, 0.1) is 0 Å². The second kappa shape index (κ2) is 13.8. The fourth-order valence-corrected chi connectivity index (χ4v) is 6.21. The van der Waals surface area contributed by atoms with Crippen molar-refractivity contribution in [1.82, 2.24) is 14.6 Å². The Morgan fingerprint density at radius 2 is 1.76 bits per heavy atom. The van der Waals surface area contributed by atoms with Crippen LogP contribution in [0.1, 0.15) is 58.6 Å². The molecule has 2 N–H and O–H groups in total. The van der Waals surface area contributed by atoms with Gasteiger partial charge in [0.15, 0.2) is 18.0 Å². The third-order valence-corrected chi connectivity index (χ3v) is 8.54. The molecule has 2 fully saturated rings. The second-order valence-corrected chi connectivity index (χ2v) is 12.0. The molecule has 0 spiro atoms. The maximum absolute atomic E-state index is 16.4. The number of carbonyl (C=O) groups excluding carboxylic acids is 2. The van der Waals surface area contributed by atoms with Gasteiger partial charge in [0.05, 0.1) is 13.2 Å². The third-order valence-electron chi connectivity index (χ3n) is 6.90. The molecule has 2 aliphatic rings. The largest absolute Gasteiger partial charge is 0.465 e. The minimum atomic E-state index is -4.36. The SMILES string of the molecule is C[C@@H]1N[P@](=O)(Oc2ccccc2)OC[C@H]2O[C@@H](n3ccc(=O)[nH]c3=O)[C@](C)(F)[C@@H]2OC(=O)CCCCCCCOC1=O. The van der Waals surface area contributed by atoms with Gasteiger partial charge in [-0.25, -0.2) is 13.8 Å². The van der Waals surface area contributed by atoms with Crippen LogP contribution >= 0.6 is 7.75 Å². The van der Waals surface area contributed by atoms with Crippen molar-refractivity contribution in [3.63, 3.8) is 0 Å². The number of H-pyrrole nitrogens is 1. The lowest BCUT2D eigenvalue weighted by Gasteiger charge is -2.28. The summed E-state index contributed by atoms with van der Waals surface area (Å²) in [5, 5.41) is 2.55. The van der Waals surface area contributed by atoms with Crippen LogP contribution < -0.4 is 20.9 Å². The van der Waals surface area contributed by atoms with Crippen molar-refractivity contribution in [2.45, 2.75) is 82.5 Å². The standard InChI is InChI=1S/C27H35FN3O10P/c1-18-24(34)37-16-10-5-3-4-9-13-22(33)40-23-20(17-38-42(36,30-18)41-19-11-7-6-8-12-19)39-25(27(23,2)28)31-15-14-21(32)29-26(31)35/h6-8,11-12,14-15,18,20,23,25H,3-5,9-10,13,16-17H2,1-2H3,(H,30,36)(H,29,32,35)/t18-,20+,23+,25+,27+,42+/m0/s1. The predicted molar refractivity (Wildman–Crippen MR) is 147 cm³/mol. The van der Waals surface area contributed by atoms with Crippen molar-refractivity contribution >= 4 is 19.7 Å². The highest BCUT2D eigenvalue weighted by Crippen LogP contribution is 2.48. The quantitative estimate of drug-likeness (QED) is 0.387. The summed E-state index contributed by atoms with van der Waals surface area (Å²) in [6.07, 6.45) is -0.220. The van der Waals surface area contributed by atoms with E-state index in [2.05, 4.69) is 5.09 Å². The molecular weight excluding hydrogens is 576 g/mol. The maximum Gasteiger partial charge on any atom is 0.459 e. The number of halogens is 1. The number of hydrogen-bond acceptors (Lipinski definition) is 10. The number of carbonyl (C=O) groups is 2. The van der Waals surface area contributed by atoms with Crippen molar-refractivity contribution in [2.75, 3.05) is 13.2 Å². The molecule has 0 amide bonds. The lowest BCUT2D eigenvalue weighted by molar-refractivity contribution is -0.158. The van der Waals surface area contributed by atoms with Crippen molar-refractivity contribution < 1.29 is 41.8 Å². The van der Waals surface area contributed by atoms with Crippen LogP contribution in [0.4, 0.5) is 4.39 Å². The Labute approximate surface area is 241 Å². The average molecular weight is 612 g/mol. The lowest BCUT2D eigenvalue weighted by Crippen LogP contribution is -2.46. The minimum absolute atomic E-state index is 0.00704. The van der Waals surface area contributed by atoms with E-state index in [0.29, 0.717) is 19.3 Å². The summed E-state index contributed by atoms with van der Waals surface area (Å²) in [6.45, 7) is 2.05. The molecule has 1 aromatic heterocycles. The number of fused-ring (bicyclic) bond motifs is 1. The van der Waals surface area contributed by atoms with Crippen molar-refractivity contribution in [1.29, 1.82) is 0 Å². The van der Waals surface area contributed by atoms with E-state index in [-0.39, 0.29) is 18.8 Å². The highest BCUT2D eigenvalue weighted by Gasteiger charge is 2.58. The summed E-state index contributed by atoms with van der Waals surface area (Å²) in [6, 6.07) is 7.93. The fourth-order valence-electron chi connectivity index (χ4n) is 4.71. The zero-order valence-corrected chi connectivity index (χ0v) is 24.3. The normalized spacial score (nSPS) is 32.1. The van der Waals surface area contributed by atoms with Gasteiger partial charge in [0.1, 0.15) is 17.9 Å². The summed E-state index contributed by atoms with van der Waals surface area (Å²) < 4.78 is 59.1. The van der Waals surface area contributed by atoms with Gasteiger partial charge in [0.2, 0.25) is 0 Å². The molecule has 0 radical (unpaired) electrons. The van der Waals surface area contributed by atoms with Gasteiger partial charge in [-0.15, -0.1) is 0 Å². The van der Waals surface area contributed by atoms with E-state index in [9.17, 15) is 23.7 Å². The van der Waals surface area contributed by atoms with E-state index >= 15 is 4.39 Å². The molecule has 2 saturated heterocycles. The Morgan fingerprint density at radius 3 is 2.50 bits per heavy atom. The number of esters is 2. The summed E-state index contributed by atoms with van der Waals surface area (Å²) in [7, 11) is -4.36. The molecule has 0 unspecified atom stereocenters. The van der Waals surface area contributed by atoms with E-state index in [0.717, 1.165) is 36.6 Å². The summed E-state index contributed by atoms with van der Waals surface area (Å²) in [4.78, 5) is 51.5. The first-order chi connectivity index (χ1) is 20.0. The molecule has 4 rings (SSSR count). The number of para-hydroxylation sites is 1. The molecule has 6 atom stereocenters. The predicted octanol–water partition coefficient (Wildman–Crippen LogP) is 3.15. The van der Waals surface area contributed by atoms with Crippen LogP contribution in [-0.2, 0) is 32.9 Å². The monoisotopic (exact) mass is 611 g/mol. The molecule has 13 nitrogen and oxygen atoms in total. The van der Waals surface area contributed by atoms with Gasteiger partial charge >= 0.3 is 25.4 Å². The van der Waals surface area contributed by atoms with E-state index < -0.39 is 67.7 Å². The summed E-state index contributed by atoms with van der Waals surface area (Å²) in [5.74, 6) is -1.20. The van der Waals surface area contributed by atoms with Crippen LogP contribution in [0.15, 0.2) is 52.2 Å². The number of rotatable bonds is 3. The van der Waals surface area contributed by atoms with Crippen LogP contribution in [0.25, 0.3) is 0 Å². The highest BCUT2D eigenvalue weighted by atomic mass is 31.2. The van der Waals surface area contributed by atoms with Gasteiger partial charge in [0, 0.05) is 18.7 Å². The van der Waals surface area contributed by atoms with Gasteiger partial charge in [-0.3, -0.25) is 28.5 Å². The van der Waals surface area contributed by atoms with E-state index in [1.54, 1.807) is 18.2 Å². The van der Waals surface area contributed by atoms with Gasteiger partial charge < -0.3 is 18.7 Å². The smallest absolute Gasteiger partial charge is 0.459 e. The molecule has 2 aliphatic heterocycles. The van der Waals surface area contributed by atoms with Gasteiger partial charge in [-0.1, -0.05) is 37.5 Å². The van der Waals surface area contributed by atoms with Crippen LogP contribution in [-0.4, -0.2) is 58.6 Å².